The van der Waals surface area contributed by atoms with Gasteiger partial charge in [-0.3, -0.25) is 15.0 Å². The van der Waals surface area contributed by atoms with E-state index in [1.54, 1.807) is 4.90 Å². The quantitative estimate of drug-likeness (QED) is 0.589. The Hall–Kier alpha value is -0.0600. The highest BCUT2D eigenvalue weighted by Gasteiger charge is 2.40. The zero-order valence-corrected chi connectivity index (χ0v) is 12.9. The number of carbonyl (C=O) groups excluding carboxylic acids is 2. The minimum Gasteiger partial charge on any atom is -0.352 e. The molecule has 2 fully saturated rings. The zero-order chi connectivity index (χ0) is 13.1. The standard InChI is InChI=1S/C10H15IN2O4S/c1-6-4-7(5-16-18-11)17-9(6)13-3-2-8(14)12-10(13)15/h6-7,9H,2-5H2,1H3,(H,12,14,15). The third kappa shape index (κ3) is 3.28. The van der Waals surface area contributed by atoms with Gasteiger partial charge in [0, 0.05) is 40.1 Å². The first-order valence-electron chi connectivity index (χ1n) is 5.78. The predicted molar refractivity (Wildman–Crippen MR) is 74.9 cm³/mol. The summed E-state index contributed by atoms with van der Waals surface area (Å²) < 4.78 is 11.1. The van der Waals surface area contributed by atoms with E-state index >= 15 is 0 Å². The molecule has 2 saturated heterocycles. The normalized spacial score (nSPS) is 32.8. The van der Waals surface area contributed by atoms with Crippen molar-refractivity contribution in [1.82, 2.24) is 10.2 Å². The fourth-order valence-electron chi connectivity index (χ4n) is 2.33. The minimum atomic E-state index is -0.354. The first kappa shape index (κ1) is 14.4. The maximum Gasteiger partial charge on any atom is 0.326 e. The van der Waals surface area contributed by atoms with Crippen LogP contribution in [-0.4, -0.2) is 42.3 Å². The molecule has 2 heterocycles. The Labute approximate surface area is 122 Å². The molecule has 0 bridgehead atoms. The minimum absolute atomic E-state index is 0.0118. The van der Waals surface area contributed by atoms with Gasteiger partial charge in [0.15, 0.2) is 0 Å². The molecule has 0 radical (unpaired) electrons. The molecule has 18 heavy (non-hydrogen) atoms. The van der Waals surface area contributed by atoms with E-state index in [0.29, 0.717) is 19.6 Å². The van der Waals surface area contributed by atoms with Crippen molar-refractivity contribution >= 4 is 42.4 Å². The third-order valence-corrected chi connectivity index (χ3v) is 4.13. The summed E-state index contributed by atoms with van der Waals surface area (Å²) in [6.07, 6.45) is 0.950. The van der Waals surface area contributed by atoms with E-state index in [9.17, 15) is 9.59 Å². The molecule has 2 rings (SSSR count). The van der Waals surface area contributed by atoms with Crippen LogP contribution in [0.1, 0.15) is 19.8 Å². The third-order valence-electron chi connectivity index (χ3n) is 3.15. The summed E-state index contributed by atoms with van der Waals surface area (Å²) >= 11 is 2.06. The molecule has 0 aromatic heterocycles. The molecule has 0 aromatic rings. The number of ether oxygens (including phenoxy) is 1. The lowest BCUT2D eigenvalue weighted by atomic mass is 10.1. The summed E-state index contributed by atoms with van der Waals surface area (Å²) in [5.74, 6) is 0.0276. The van der Waals surface area contributed by atoms with E-state index in [4.69, 9.17) is 8.92 Å². The Morgan fingerprint density at radius 2 is 2.39 bits per heavy atom. The number of hydrogen-bond donors (Lipinski definition) is 1. The maximum atomic E-state index is 11.7. The molecule has 3 amide bonds. The van der Waals surface area contributed by atoms with Crippen molar-refractivity contribution in [3.63, 3.8) is 0 Å². The van der Waals surface area contributed by atoms with Gasteiger partial charge in [0.05, 0.1) is 21.9 Å². The number of rotatable bonds is 4. The van der Waals surface area contributed by atoms with Crippen molar-refractivity contribution in [1.29, 1.82) is 0 Å². The van der Waals surface area contributed by atoms with E-state index in [1.165, 1.54) is 9.21 Å². The van der Waals surface area contributed by atoms with Crippen LogP contribution in [0, 0.1) is 5.92 Å². The fourth-order valence-corrected chi connectivity index (χ4v) is 2.97. The summed E-state index contributed by atoms with van der Waals surface area (Å²) in [5, 5.41) is 2.32. The lowest BCUT2D eigenvalue weighted by Crippen LogP contribution is -2.54. The van der Waals surface area contributed by atoms with Crippen LogP contribution in [-0.2, 0) is 13.7 Å². The fraction of sp³-hybridized carbons (Fsp3) is 0.800. The number of carbonyl (C=O) groups is 2. The summed E-state index contributed by atoms with van der Waals surface area (Å²) in [5.41, 5.74) is 0. The number of imide groups is 1. The zero-order valence-electron chi connectivity index (χ0n) is 9.93. The number of nitrogens with one attached hydrogen (secondary N) is 1. The summed E-state index contributed by atoms with van der Waals surface area (Å²) in [6, 6.07) is -0.354. The van der Waals surface area contributed by atoms with Gasteiger partial charge in [0.25, 0.3) is 0 Å². The first-order chi connectivity index (χ1) is 8.61. The Balaban J connectivity index is 1.92. The Morgan fingerprint density at radius 3 is 3.06 bits per heavy atom. The average Bonchev–Trinajstić information content (AvgIpc) is 2.68. The van der Waals surface area contributed by atoms with Crippen molar-refractivity contribution in [3.05, 3.63) is 0 Å². The molecule has 0 saturated carbocycles. The molecule has 3 unspecified atom stereocenters. The van der Waals surface area contributed by atoms with Crippen molar-refractivity contribution in [2.24, 2.45) is 5.92 Å². The van der Waals surface area contributed by atoms with Crippen molar-refractivity contribution in [3.8, 4) is 0 Å². The SMILES string of the molecule is CC1CC(COSI)OC1N1CCC(=O)NC1=O. The second-order valence-electron chi connectivity index (χ2n) is 4.51. The van der Waals surface area contributed by atoms with E-state index in [2.05, 4.69) is 26.5 Å². The highest BCUT2D eigenvalue weighted by Crippen LogP contribution is 2.30. The molecule has 1 N–H and O–H groups in total. The van der Waals surface area contributed by atoms with Crippen LogP contribution >= 0.6 is 30.4 Å². The van der Waals surface area contributed by atoms with Crippen molar-refractivity contribution < 1.29 is 18.5 Å². The Kier molecular flexibility index (Phi) is 5.10. The van der Waals surface area contributed by atoms with Crippen LogP contribution in [0.4, 0.5) is 4.79 Å². The molecular weight excluding hydrogens is 371 g/mol. The molecule has 2 aliphatic heterocycles. The number of hydrogen-bond acceptors (Lipinski definition) is 5. The first-order valence-corrected chi connectivity index (χ1v) is 9.06. The summed E-state index contributed by atoms with van der Waals surface area (Å²) in [7, 11) is 1.28. The predicted octanol–water partition coefficient (Wildman–Crippen LogP) is 1.69. The smallest absolute Gasteiger partial charge is 0.326 e. The van der Waals surface area contributed by atoms with Crippen molar-refractivity contribution in [2.45, 2.75) is 32.1 Å². The highest BCUT2D eigenvalue weighted by atomic mass is 127. The average molecular weight is 386 g/mol. The monoisotopic (exact) mass is 386 g/mol. The van der Waals surface area contributed by atoms with Crippen LogP contribution in [0.25, 0.3) is 0 Å². The topological polar surface area (TPSA) is 67.9 Å². The van der Waals surface area contributed by atoms with Crippen LogP contribution in [0.5, 0.6) is 0 Å². The lowest BCUT2D eigenvalue weighted by molar-refractivity contribution is -0.124. The van der Waals surface area contributed by atoms with E-state index < -0.39 is 0 Å². The van der Waals surface area contributed by atoms with E-state index in [1.807, 2.05) is 6.92 Å². The van der Waals surface area contributed by atoms with Gasteiger partial charge >= 0.3 is 6.03 Å². The molecule has 2 aliphatic rings. The van der Waals surface area contributed by atoms with Gasteiger partial charge in [-0.05, 0) is 6.42 Å². The van der Waals surface area contributed by atoms with E-state index in [0.717, 1.165) is 6.42 Å². The van der Waals surface area contributed by atoms with E-state index in [-0.39, 0.29) is 30.2 Å². The van der Waals surface area contributed by atoms with Crippen LogP contribution in [0.2, 0.25) is 0 Å². The van der Waals surface area contributed by atoms with Gasteiger partial charge in [-0.25, -0.2) is 4.79 Å². The lowest BCUT2D eigenvalue weighted by Gasteiger charge is -2.33. The van der Waals surface area contributed by atoms with Gasteiger partial charge in [0.1, 0.15) is 6.23 Å². The van der Waals surface area contributed by atoms with Crippen LogP contribution < -0.4 is 5.32 Å². The second-order valence-corrected chi connectivity index (χ2v) is 5.95. The highest BCUT2D eigenvalue weighted by molar-refractivity contribution is 14.2. The Morgan fingerprint density at radius 1 is 1.61 bits per heavy atom. The molecule has 0 aliphatic carbocycles. The molecule has 102 valence electrons. The van der Waals surface area contributed by atoms with Gasteiger partial charge in [-0.1, -0.05) is 6.92 Å². The van der Waals surface area contributed by atoms with Gasteiger partial charge < -0.3 is 8.92 Å². The number of halogens is 1. The summed E-state index contributed by atoms with van der Waals surface area (Å²) in [6.45, 7) is 2.99. The number of urea groups is 1. The molecule has 0 spiro atoms. The van der Waals surface area contributed by atoms with Gasteiger partial charge in [0.2, 0.25) is 5.91 Å². The van der Waals surface area contributed by atoms with Gasteiger partial charge in [-0.2, -0.15) is 0 Å². The second kappa shape index (κ2) is 6.40. The molecule has 8 heteroatoms. The maximum absolute atomic E-state index is 11.7. The molecule has 0 aromatic carbocycles. The Bertz CT molecular complexity index is 344. The van der Waals surface area contributed by atoms with Crippen LogP contribution in [0.3, 0.4) is 0 Å². The number of amides is 3. The summed E-state index contributed by atoms with van der Waals surface area (Å²) in [4.78, 5) is 24.4. The van der Waals surface area contributed by atoms with Crippen molar-refractivity contribution in [2.75, 3.05) is 13.2 Å². The molecule has 3 atom stereocenters. The van der Waals surface area contributed by atoms with Gasteiger partial charge in [-0.15, -0.1) is 0 Å². The van der Waals surface area contributed by atoms with Crippen LogP contribution in [0.15, 0.2) is 0 Å². The number of nitrogens with zero attached hydrogens (tertiary/aromatic N) is 1. The molecular formula is C10H15IN2O4S. The largest absolute Gasteiger partial charge is 0.352 e. The molecule has 6 nitrogen and oxygen atoms in total.